The van der Waals surface area contributed by atoms with Crippen molar-refractivity contribution in [2.45, 2.75) is 6.54 Å². The first-order valence-electron chi connectivity index (χ1n) is 6.93. The van der Waals surface area contributed by atoms with E-state index >= 15 is 0 Å². The number of hydrogen-bond donors (Lipinski definition) is 1. The Morgan fingerprint density at radius 2 is 1.96 bits per heavy atom. The minimum Gasteiger partial charge on any atom is -0.370 e. The van der Waals surface area contributed by atoms with Gasteiger partial charge in [-0.05, 0) is 11.6 Å². The van der Waals surface area contributed by atoms with Crippen molar-refractivity contribution in [1.29, 1.82) is 0 Å². The summed E-state index contributed by atoms with van der Waals surface area (Å²) in [7, 11) is 1.64. The molecule has 0 aliphatic carbocycles. The van der Waals surface area contributed by atoms with E-state index in [4.69, 9.17) is 0 Å². The van der Waals surface area contributed by atoms with Gasteiger partial charge in [0, 0.05) is 25.7 Å². The van der Waals surface area contributed by atoms with Crippen LogP contribution in [0.15, 0.2) is 48.5 Å². The van der Waals surface area contributed by atoms with Gasteiger partial charge in [-0.3, -0.25) is 14.9 Å². The maximum Gasteiger partial charge on any atom is 0.292 e. The number of likely N-dealkylation sites (N-methyl/N-ethyl adjacent to an activating group) is 1. The van der Waals surface area contributed by atoms with Gasteiger partial charge in [-0.2, -0.15) is 0 Å². The maximum atomic E-state index is 13.2. The van der Waals surface area contributed by atoms with Gasteiger partial charge in [0.05, 0.1) is 11.5 Å². The fourth-order valence-corrected chi connectivity index (χ4v) is 2.06. The first-order chi connectivity index (χ1) is 11.0. The van der Waals surface area contributed by atoms with Crippen molar-refractivity contribution in [2.24, 2.45) is 0 Å². The predicted molar refractivity (Wildman–Crippen MR) is 84.5 cm³/mol. The lowest BCUT2D eigenvalue weighted by molar-refractivity contribution is -0.384. The molecule has 120 valence electrons. The normalized spacial score (nSPS) is 10.2. The number of nitrogens with zero attached hydrogens (tertiary/aromatic N) is 2. The third-order valence-electron chi connectivity index (χ3n) is 3.27. The van der Waals surface area contributed by atoms with Gasteiger partial charge in [0.2, 0.25) is 5.91 Å². The third kappa shape index (κ3) is 4.50. The Labute approximate surface area is 132 Å². The van der Waals surface area contributed by atoms with Crippen molar-refractivity contribution < 1.29 is 14.1 Å². The van der Waals surface area contributed by atoms with Gasteiger partial charge in [0.25, 0.3) is 5.69 Å². The second-order valence-corrected chi connectivity index (χ2v) is 5.01. The average Bonchev–Trinajstić information content (AvgIpc) is 2.53. The van der Waals surface area contributed by atoms with Gasteiger partial charge in [0.15, 0.2) is 0 Å². The second-order valence-electron chi connectivity index (χ2n) is 5.01. The highest BCUT2D eigenvalue weighted by atomic mass is 19.1. The fourth-order valence-electron chi connectivity index (χ4n) is 2.06. The van der Waals surface area contributed by atoms with Crippen LogP contribution in [0.4, 0.5) is 15.8 Å². The van der Waals surface area contributed by atoms with E-state index in [1.807, 2.05) is 30.3 Å². The lowest BCUT2D eigenvalue weighted by Gasteiger charge is -2.18. The van der Waals surface area contributed by atoms with Crippen LogP contribution in [-0.4, -0.2) is 29.3 Å². The summed E-state index contributed by atoms with van der Waals surface area (Å²) in [5.41, 5.74) is 0.682. The van der Waals surface area contributed by atoms with Crippen molar-refractivity contribution in [1.82, 2.24) is 4.90 Å². The molecule has 0 radical (unpaired) electrons. The van der Waals surface area contributed by atoms with Crippen molar-refractivity contribution in [3.8, 4) is 0 Å². The first kappa shape index (κ1) is 16.4. The van der Waals surface area contributed by atoms with Crippen LogP contribution >= 0.6 is 0 Å². The molecule has 1 amide bonds. The van der Waals surface area contributed by atoms with Crippen LogP contribution in [-0.2, 0) is 11.3 Å². The Kier molecular flexibility index (Phi) is 5.24. The lowest BCUT2D eigenvalue weighted by Crippen LogP contribution is -2.31. The number of anilines is 1. The SMILES string of the molecule is CN(Cc1ccccc1)C(=O)CNc1cc(F)ccc1[N+](=O)[O-]. The second kappa shape index (κ2) is 7.35. The minimum atomic E-state index is -0.625. The summed E-state index contributed by atoms with van der Waals surface area (Å²) >= 11 is 0. The first-order valence-corrected chi connectivity index (χ1v) is 6.93. The van der Waals surface area contributed by atoms with E-state index in [0.717, 1.165) is 23.8 Å². The van der Waals surface area contributed by atoms with Crippen molar-refractivity contribution >= 4 is 17.3 Å². The van der Waals surface area contributed by atoms with Crippen molar-refractivity contribution in [2.75, 3.05) is 18.9 Å². The monoisotopic (exact) mass is 317 g/mol. The quantitative estimate of drug-likeness (QED) is 0.656. The lowest BCUT2D eigenvalue weighted by atomic mass is 10.2. The van der Waals surface area contributed by atoms with Crippen molar-refractivity contribution in [3.05, 3.63) is 70.0 Å². The fraction of sp³-hybridized carbons (Fsp3) is 0.188. The molecule has 6 nitrogen and oxygen atoms in total. The van der Waals surface area contributed by atoms with Gasteiger partial charge in [-0.1, -0.05) is 30.3 Å². The standard InChI is InChI=1S/C16H16FN3O3/c1-19(11-12-5-3-2-4-6-12)16(21)10-18-14-9-13(17)7-8-15(14)20(22)23/h2-9,18H,10-11H2,1H3. The number of nitrogens with one attached hydrogen (secondary N) is 1. The van der Waals surface area contributed by atoms with Crippen LogP contribution in [0, 0.1) is 15.9 Å². The van der Waals surface area contributed by atoms with Crippen LogP contribution in [0.3, 0.4) is 0 Å². The number of nitro groups is 1. The zero-order valence-corrected chi connectivity index (χ0v) is 12.5. The summed E-state index contributed by atoms with van der Waals surface area (Å²) in [5.74, 6) is -0.865. The number of halogens is 1. The maximum absolute atomic E-state index is 13.2. The van der Waals surface area contributed by atoms with Crippen LogP contribution in [0.2, 0.25) is 0 Å². The molecule has 2 aromatic carbocycles. The summed E-state index contributed by atoms with van der Waals surface area (Å²) in [4.78, 5) is 23.9. The van der Waals surface area contributed by atoms with E-state index in [-0.39, 0.29) is 23.8 Å². The summed E-state index contributed by atoms with van der Waals surface area (Å²) in [5, 5.41) is 13.5. The molecular formula is C16H16FN3O3. The molecule has 0 atom stereocenters. The highest BCUT2D eigenvalue weighted by molar-refractivity contribution is 5.81. The van der Waals surface area contributed by atoms with Crippen LogP contribution in [0.25, 0.3) is 0 Å². The molecule has 0 heterocycles. The van der Waals surface area contributed by atoms with Crippen LogP contribution in [0.5, 0.6) is 0 Å². The smallest absolute Gasteiger partial charge is 0.292 e. The molecule has 0 aliphatic heterocycles. The number of benzene rings is 2. The molecule has 2 rings (SSSR count). The highest BCUT2D eigenvalue weighted by Gasteiger charge is 2.16. The molecule has 2 aromatic rings. The average molecular weight is 317 g/mol. The zero-order valence-electron chi connectivity index (χ0n) is 12.5. The molecule has 0 aliphatic rings. The summed E-state index contributed by atoms with van der Waals surface area (Å²) in [6.45, 7) is 0.264. The van der Waals surface area contributed by atoms with E-state index in [0.29, 0.717) is 6.54 Å². The molecule has 1 N–H and O–H groups in total. The molecule has 0 bridgehead atoms. The van der Waals surface area contributed by atoms with Gasteiger partial charge in [0.1, 0.15) is 11.5 Å². The third-order valence-corrected chi connectivity index (χ3v) is 3.27. The molecule has 0 saturated carbocycles. The number of amides is 1. The molecule has 0 unspecified atom stereocenters. The van der Waals surface area contributed by atoms with E-state index < -0.39 is 10.7 Å². The molecule has 7 heteroatoms. The Balaban J connectivity index is 1.99. The Morgan fingerprint density at radius 1 is 1.26 bits per heavy atom. The minimum absolute atomic E-state index is 0.0172. The van der Waals surface area contributed by atoms with E-state index in [1.165, 1.54) is 4.90 Å². The highest BCUT2D eigenvalue weighted by Crippen LogP contribution is 2.24. The van der Waals surface area contributed by atoms with Crippen LogP contribution < -0.4 is 5.32 Å². The Bertz CT molecular complexity index is 707. The van der Waals surface area contributed by atoms with Crippen molar-refractivity contribution in [3.63, 3.8) is 0 Å². The number of rotatable bonds is 6. The molecule has 0 saturated heterocycles. The van der Waals surface area contributed by atoms with Gasteiger partial charge >= 0.3 is 0 Å². The summed E-state index contributed by atoms with van der Waals surface area (Å²) in [6, 6.07) is 12.5. The molecule has 0 fully saturated rings. The summed E-state index contributed by atoms with van der Waals surface area (Å²) < 4.78 is 13.2. The number of carbonyl (C=O) groups is 1. The largest absolute Gasteiger partial charge is 0.370 e. The predicted octanol–water partition coefficient (Wildman–Crippen LogP) is 2.80. The van der Waals surface area contributed by atoms with E-state index in [1.54, 1.807) is 7.05 Å². The van der Waals surface area contributed by atoms with Crippen LogP contribution in [0.1, 0.15) is 5.56 Å². The molecule has 23 heavy (non-hydrogen) atoms. The topological polar surface area (TPSA) is 75.5 Å². The van der Waals surface area contributed by atoms with Gasteiger partial charge < -0.3 is 10.2 Å². The Morgan fingerprint density at radius 3 is 2.61 bits per heavy atom. The Hall–Kier alpha value is -2.96. The summed E-state index contributed by atoms with van der Waals surface area (Å²) in [6.07, 6.45) is 0. The van der Waals surface area contributed by atoms with Gasteiger partial charge in [-0.15, -0.1) is 0 Å². The zero-order chi connectivity index (χ0) is 16.8. The number of hydrogen-bond acceptors (Lipinski definition) is 4. The molecule has 0 spiro atoms. The van der Waals surface area contributed by atoms with E-state index in [9.17, 15) is 19.3 Å². The molecule has 0 aromatic heterocycles. The van der Waals surface area contributed by atoms with Gasteiger partial charge in [-0.25, -0.2) is 4.39 Å². The number of carbonyl (C=O) groups excluding carboxylic acids is 1. The van der Waals surface area contributed by atoms with E-state index in [2.05, 4.69) is 5.32 Å². The molecular weight excluding hydrogens is 301 g/mol. The number of nitro benzene ring substituents is 1.